The first-order valence-corrected chi connectivity index (χ1v) is 11.0. The number of ether oxygens (including phenoxy) is 1. The summed E-state index contributed by atoms with van der Waals surface area (Å²) in [5.41, 5.74) is 10.2. The number of fused-ring (bicyclic) bond motifs is 2. The molecule has 1 amide bonds. The van der Waals surface area contributed by atoms with Gasteiger partial charge in [-0.05, 0) is 61.1 Å². The Morgan fingerprint density at radius 3 is 2.69 bits per heavy atom. The number of carbonyl (C=O) groups is 1. The Morgan fingerprint density at radius 2 is 1.91 bits per heavy atom. The Balaban J connectivity index is 1.27. The summed E-state index contributed by atoms with van der Waals surface area (Å²) in [4.78, 5) is 14.9. The number of furan rings is 1. The molecule has 5 nitrogen and oxygen atoms in total. The van der Waals surface area contributed by atoms with Crippen molar-refractivity contribution in [3.63, 3.8) is 0 Å². The van der Waals surface area contributed by atoms with Crippen LogP contribution in [0.5, 0.6) is 5.75 Å². The third-order valence-corrected chi connectivity index (χ3v) is 6.64. The van der Waals surface area contributed by atoms with Crippen LogP contribution in [-0.4, -0.2) is 30.5 Å². The fraction of sp³-hybridized carbons (Fsp3) is 0.296. The molecule has 3 aromatic rings. The van der Waals surface area contributed by atoms with E-state index in [2.05, 4.69) is 17.9 Å². The molecule has 5 heteroatoms. The fourth-order valence-electron chi connectivity index (χ4n) is 4.61. The van der Waals surface area contributed by atoms with Gasteiger partial charge in [-0.25, -0.2) is 0 Å². The van der Waals surface area contributed by atoms with Crippen molar-refractivity contribution >= 4 is 5.91 Å². The molecule has 0 saturated carbocycles. The topological polar surface area (TPSA) is 68.7 Å². The number of benzene rings is 2. The molecule has 0 unspecified atom stereocenters. The van der Waals surface area contributed by atoms with Gasteiger partial charge < -0.3 is 19.8 Å². The lowest BCUT2D eigenvalue weighted by Gasteiger charge is -2.38. The second kappa shape index (κ2) is 8.22. The van der Waals surface area contributed by atoms with E-state index in [1.165, 1.54) is 5.56 Å². The first kappa shape index (κ1) is 20.4. The van der Waals surface area contributed by atoms with Gasteiger partial charge in [-0.3, -0.25) is 4.79 Å². The van der Waals surface area contributed by atoms with Crippen molar-refractivity contribution in [3.05, 3.63) is 88.4 Å². The summed E-state index contributed by atoms with van der Waals surface area (Å²) in [6.45, 7) is 4.53. The van der Waals surface area contributed by atoms with E-state index < -0.39 is 0 Å². The number of nitrogens with zero attached hydrogens (tertiary/aromatic N) is 1. The predicted octanol–water partition coefficient (Wildman–Crippen LogP) is 4.01. The number of hydrogen-bond donors (Lipinski definition) is 1. The maximum Gasteiger partial charge on any atom is 0.289 e. The van der Waals surface area contributed by atoms with Crippen LogP contribution in [-0.2, 0) is 12.0 Å². The van der Waals surface area contributed by atoms with Crippen LogP contribution in [0.2, 0.25) is 0 Å². The van der Waals surface area contributed by atoms with E-state index in [4.69, 9.17) is 14.9 Å². The molecule has 32 heavy (non-hydrogen) atoms. The molecule has 0 aliphatic carbocycles. The van der Waals surface area contributed by atoms with Gasteiger partial charge in [-0.2, -0.15) is 0 Å². The molecule has 5 rings (SSSR count). The molecular weight excluding hydrogens is 400 g/mol. The van der Waals surface area contributed by atoms with Gasteiger partial charge in [0.25, 0.3) is 5.91 Å². The Morgan fingerprint density at radius 1 is 1.09 bits per heavy atom. The average Bonchev–Trinajstić information content (AvgIpc) is 3.44. The smallest absolute Gasteiger partial charge is 0.289 e. The third-order valence-electron chi connectivity index (χ3n) is 6.64. The summed E-state index contributed by atoms with van der Waals surface area (Å²) < 4.78 is 11.7. The number of nitrogens with two attached hydrogens (primary N) is 1. The number of likely N-dealkylation sites (tertiary alicyclic amines) is 1. The first-order chi connectivity index (χ1) is 15.6. The van der Waals surface area contributed by atoms with E-state index in [1.54, 1.807) is 12.1 Å². The molecule has 162 valence electrons. The lowest BCUT2D eigenvalue weighted by atomic mass is 9.74. The number of carbonyl (C=O) groups excluding carboxylic acids is 1. The molecule has 0 bridgehead atoms. The summed E-state index contributed by atoms with van der Waals surface area (Å²) in [6, 6.07) is 17.6. The molecule has 1 spiro atoms. The van der Waals surface area contributed by atoms with Crippen molar-refractivity contribution in [1.29, 1.82) is 0 Å². The van der Waals surface area contributed by atoms with Crippen molar-refractivity contribution in [2.45, 2.75) is 31.7 Å². The van der Waals surface area contributed by atoms with Crippen LogP contribution in [0.25, 0.3) is 0 Å². The molecule has 0 atom stereocenters. The number of piperidine rings is 1. The Bertz CT molecular complexity index is 1220. The van der Waals surface area contributed by atoms with Crippen LogP contribution in [0.1, 0.15) is 51.4 Å². The highest BCUT2D eigenvalue weighted by Crippen LogP contribution is 2.46. The van der Waals surface area contributed by atoms with Crippen molar-refractivity contribution in [2.75, 3.05) is 19.7 Å². The Labute approximate surface area is 188 Å². The van der Waals surface area contributed by atoms with Gasteiger partial charge >= 0.3 is 0 Å². The molecule has 1 saturated heterocycles. The summed E-state index contributed by atoms with van der Waals surface area (Å²) in [7, 11) is 0. The maximum atomic E-state index is 13.0. The fourth-order valence-corrected chi connectivity index (χ4v) is 4.61. The first-order valence-electron chi connectivity index (χ1n) is 11.0. The van der Waals surface area contributed by atoms with Crippen molar-refractivity contribution < 1.29 is 13.9 Å². The van der Waals surface area contributed by atoms with Crippen LogP contribution in [0.15, 0.2) is 59.0 Å². The van der Waals surface area contributed by atoms with Crippen molar-refractivity contribution in [3.8, 4) is 17.6 Å². The van der Waals surface area contributed by atoms with Crippen LogP contribution < -0.4 is 10.5 Å². The zero-order chi connectivity index (χ0) is 22.1. The largest absolute Gasteiger partial charge is 0.492 e. The molecule has 2 N–H and O–H groups in total. The van der Waals surface area contributed by atoms with Crippen molar-refractivity contribution in [2.24, 2.45) is 5.73 Å². The van der Waals surface area contributed by atoms with E-state index in [9.17, 15) is 4.79 Å². The number of rotatable bonds is 2. The molecule has 1 aromatic heterocycles. The van der Waals surface area contributed by atoms with Gasteiger partial charge in [0.2, 0.25) is 0 Å². The van der Waals surface area contributed by atoms with Crippen LogP contribution >= 0.6 is 0 Å². The number of hydrogen-bond acceptors (Lipinski definition) is 4. The SMILES string of the molecule is Cc1ccccc1C#Cc1ccc(C(=O)N2CCC3(CC2)COc2ccc(CN)cc23)o1. The van der Waals surface area contributed by atoms with Gasteiger partial charge in [-0.15, -0.1) is 0 Å². The Kier molecular flexibility index (Phi) is 5.24. The molecule has 1 fully saturated rings. The second-order valence-electron chi connectivity index (χ2n) is 8.62. The van der Waals surface area contributed by atoms with Gasteiger partial charge in [0, 0.05) is 36.2 Å². The molecule has 2 aliphatic rings. The predicted molar refractivity (Wildman–Crippen MR) is 123 cm³/mol. The lowest BCUT2D eigenvalue weighted by Crippen LogP contribution is -2.46. The third kappa shape index (κ3) is 3.68. The highest BCUT2D eigenvalue weighted by Gasteiger charge is 2.44. The number of amides is 1. The molecule has 2 aromatic carbocycles. The second-order valence-corrected chi connectivity index (χ2v) is 8.62. The highest BCUT2D eigenvalue weighted by atomic mass is 16.5. The summed E-state index contributed by atoms with van der Waals surface area (Å²) in [5, 5.41) is 0. The molecular formula is C27H26N2O3. The lowest BCUT2D eigenvalue weighted by molar-refractivity contribution is 0.0615. The highest BCUT2D eigenvalue weighted by molar-refractivity contribution is 5.91. The van der Waals surface area contributed by atoms with Gasteiger partial charge in [0.05, 0.1) is 6.61 Å². The Hall–Kier alpha value is -3.49. The summed E-state index contributed by atoms with van der Waals surface area (Å²) >= 11 is 0. The van der Waals surface area contributed by atoms with Crippen LogP contribution in [0.4, 0.5) is 0 Å². The van der Waals surface area contributed by atoms with E-state index in [0.29, 0.717) is 37.8 Å². The molecule has 0 radical (unpaired) electrons. The zero-order valence-electron chi connectivity index (χ0n) is 18.2. The maximum absolute atomic E-state index is 13.0. The van der Waals surface area contributed by atoms with Crippen LogP contribution in [0, 0.1) is 18.8 Å². The normalized spacial score (nSPS) is 16.2. The van der Waals surface area contributed by atoms with Crippen LogP contribution in [0.3, 0.4) is 0 Å². The monoisotopic (exact) mass is 426 g/mol. The van der Waals surface area contributed by atoms with E-state index in [1.807, 2.05) is 48.2 Å². The average molecular weight is 427 g/mol. The molecule has 3 heterocycles. The van der Waals surface area contributed by atoms with Gasteiger partial charge in [-0.1, -0.05) is 36.3 Å². The number of aryl methyl sites for hydroxylation is 1. The zero-order valence-corrected chi connectivity index (χ0v) is 18.2. The summed E-state index contributed by atoms with van der Waals surface area (Å²) in [6.07, 6.45) is 1.72. The van der Waals surface area contributed by atoms with Gasteiger partial charge in [0.15, 0.2) is 11.5 Å². The minimum Gasteiger partial charge on any atom is -0.492 e. The van der Waals surface area contributed by atoms with E-state index in [-0.39, 0.29) is 11.3 Å². The van der Waals surface area contributed by atoms with E-state index in [0.717, 1.165) is 35.3 Å². The minimum atomic E-state index is -0.0846. The van der Waals surface area contributed by atoms with Crippen molar-refractivity contribution in [1.82, 2.24) is 4.90 Å². The van der Waals surface area contributed by atoms with Gasteiger partial charge in [0.1, 0.15) is 5.75 Å². The quantitative estimate of drug-likeness (QED) is 0.629. The standard InChI is InChI=1S/C27H26N2O3/c1-19-4-2-3-5-21(19)7-8-22-9-11-25(32-22)26(30)29-14-12-27(13-15-29)18-31-24-10-6-20(17-28)16-23(24)27/h2-6,9-11,16H,12-15,17-18,28H2,1H3. The molecule has 2 aliphatic heterocycles. The summed E-state index contributed by atoms with van der Waals surface area (Å²) in [5.74, 6) is 7.85. The van der Waals surface area contributed by atoms with E-state index >= 15 is 0 Å². The minimum absolute atomic E-state index is 0.0371.